The first-order chi connectivity index (χ1) is 42.8. The van der Waals surface area contributed by atoms with Gasteiger partial charge in [-0.2, -0.15) is 0 Å². The van der Waals surface area contributed by atoms with Gasteiger partial charge in [-0.15, -0.1) is 0 Å². The molecule has 0 atom stereocenters. The summed E-state index contributed by atoms with van der Waals surface area (Å²) >= 11 is 13.0. The molecular weight excluding hydrogens is 1230 g/mol. The van der Waals surface area contributed by atoms with Crippen LogP contribution >= 0.6 is 23.2 Å². The lowest BCUT2D eigenvalue weighted by molar-refractivity contribution is -0.140. The first kappa shape index (κ1) is 63.7. The van der Waals surface area contributed by atoms with E-state index >= 15 is 0 Å². The maximum Gasteiger partial charge on any atom is 0.184 e. The van der Waals surface area contributed by atoms with Crippen molar-refractivity contribution in [3.63, 3.8) is 0 Å². The topological polar surface area (TPSA) is 227 Å². The Kier molecular flexibility index (Phi) is 21.0. The zero-order valence-electron chi connectivity index (χ0n) is 48.3. The van der Waals surface area contributed by atoms with Crippen molar-refractivity contribution in [3.8, 4) is 34.1 Å². The summed E-state index contributed by atoms with van der Waals surface area (Å²) < 4.78 is 107. The highest BCUT2D eigenvalue weighted by molar-refractivity contribution is 7.90. The Morgan fingerprint density at radius 3 is 1.54 bits per heavy atom. The summed E-state index contributed by atoms with van der Waals surface area (Å²) in [6.07, 6.45) is 7.47. The molecule has 24 heteroatoms. The predicted octanol–water partition coefficient (Wildman–Crippen LogP) is 13.2. The summed E-state index contributed by atoms with van der Waals surface area (Å²) in [5, 5.41) is 9.01. The maximum absolute atomic E-state index is 13.5. The van der Waals surface area contributed by atoms with Crippen LogP contribution in [-0.4, -0.2) is 110 Å². The second-order valence-electron chi connectivity index (χ2n) is 21.2. The van der Waals surface area contributed by atoms with Crippen LogP contribution in [0.3, 0.4) is 0 Å². The van der Waals surface area contributed by atoms with Crippen molar-refractivity contribution < 1.29 is 58.2 Å². The fourth-order valence-electron chi connectivity index (χ4n) is 9.30. The summed E-state index contributed by atoms with van der Waals surface area (Å²) in [4.78, 5) is 29.6. The van der Waals surface area contributed by atoms with Gasteiger partial charge in [-0.25, -0.2) is 45.6 Å². The van der Waals surface area contributed by atoms with Crippen LogP contribution in [0.15, 0.2) is 167 Å². The van der Waals surface area contributed by atoms with Gasteiger partial charge in [-0.1, -0.05) is 47.5 Å². The quantitative estimate of drug-likeness (QED) is 0.0567. The van der Waals surface area contributed by atoms with E-state index in [2.05, 4.69) is 40.2 Å². The third-order valence-corrected chi connectivity index (χ3v) is 16.6. The molecule has 12 rings (SSSR count). The Morgan fingerprint density at radius 2 is 1.09 bits per heavy atom. The lowest BCUT2D eigenvalue weighted by Gasteiger charge is -2.36. The Bertz CT molecular complexity index is 4360. The number of aromatic nitrogens is 4. The van der Waals surface area contributed by atoms with Gasteiger partial charge in [0, 0.05) is 64.5 Å². The van der Waals surface area contributed by atoms with Crippen LogP contribution in [0.4, 0.5) is 31.8 Å². The molecule has 2 aliphatic rings. The number of nitrogens with zero attached hydrogens (tertiary/aromatic N) is 5. The van der Waals surface area contributed by atoms with Crippen LogP contribution in [0.1, 0.15) is 35.5 Å². The van der Waals surface area contributed by atoms with Gasteiger partial charge < -0.3 is 38.4 Å². The summed E-state index contributed by atoms with van der Waals surface area (Å²) in [6, 6.07) is 42.5. The molecule has 6 heterocycles. The number of benzene rings is 6. The minimum Gasteiger partial charge on any atom is -0.487 e. The van der Waals surface area contributed by atoms with Crippen molar-refractivity contribution in [3.05, 3.63) is 203 Å². The van der Waals surface area contributed by atoms with Gasteiger partial charge in [0.2, 0.25) is 0 Å². The molecule has 0 saturated carbocycles. The minimum atomic E-state index is -3.09. The van der Waals surface area contributed by atoms with E-state index in [4.69, 9.17) is 46.2 Å². The minimum absolute atomic E-state index is 0.0768. The normalized spacial score (nSPS) is 13.2. The van der Waals surface area contributed by atoms with E-state index in [1.165, 1.54) is 49.4 Å². The third kappa shape index (κ3) is 18.4. The van der Waals surface area contributed by atoms with Crippen molar-refractivity contribution in [2.45, 2.75) is 45.1 Å². The highest BCUT2D eigenvalue weighted by Gasteiger charge is 2.28. The molecule has 0 spiro atoms. The number of ketones is 1. The lowest BCUT2D eigenvalue weighted by atomic mass is 10.1. The van der Waals surface area contributed by atoms with E-state index in [-0.39, 0.29) is 48.2 Å². The third-order valence-electron chi connectivity index (χ3n) is 14.1. The lowest BCUT2D eigenvalue weighted by Crippen LogP contribution is -2.49. The zero-order chi connectivity index (χ0) is 62.5. The molecule has 0 amide bonds. The zero-order valence-corrected chi connectivity index (χ0v) is 51.5. The average molecular weight is 1290 g/mol. The number of carbonyl (C=O) groups excluding carboxylic acids is 1. The van der Waals surface area contributed by atoms with Crippen molar-refractivity contribution in [1.29, 1.82) is 0 Å². The highest BCUT2D eigenvalue weighted by Crippen LogP contribution is 2.36. The molecule has 0 unspecified atom stereocenters. The van der Waals surface area contributed by atoms with Gasteiger partial charge in [0.1, 0.15) is 117 Å². The number of hydrogen-bond acceptors (Lipinski definition) is 18. The van der Waals surface area contributed by atoms with Crippen molar-refractivity contribution in [2.75, 3.05) is 67.6 Å². The molecule has 0 radical (unpaired) electrons. The molecule has 0 aliphatic carbocycles. The molecule has 10 aromatic rings. The van der Waals surface area contributed by atoms with Crippen LogP contribution in [0.2, 0.25) is 10.0 Å². The number of aryl methyl sites for hydroxylation is 1. The van der Waals surface area contributed by atoms with Gasteiger partial charge >= 0.3 is 0 Å². The van der Waals surface area contributed by atoms with E-state index in [1.54, 1.807) is 48.5 Å². The van der Waals surface area contributed by atoms with Crippen molar-refractivity contribution in [1.82, 2.24) is 24.8 Å². The number of sulfone groups is 2. The number of nitrogens with one attached hydrogen (secondary N) is 2. The molecule has 2 aliphatic heterocycles. The predicted molar refractivity (Wildman–Crippen MR) is 339 cm³/mol. The highest BCUT2D eigenvalue weighted by atomic mass is 35.5. The molecule has 18 nitrogen and oxygen atoms in total. The maximum atomic E-state index is 13.5. The fraction of sp³-hybridized carbons (Fsp3) is 0.246. The van der Waals surface area contributed by atoms with Gasteiger partial charge in [0.05, 0.1) is 52.6 Å². The summed E-state index contributed by atoms with van der Waals surface area (Å²) in [6.45, 7) is 3.12. The standard InChI is InChI=1S/C32H30ClFN4O5S.C30H27ClFN3O4S.C3H4O2/c1-44(39,40)12-11-38(25-18-41-19-25)16-26-7-10-30(43-26)22-5-8-29-27(14-22)32(36-20-35-29)37-24-6-9-31(28(33)15-24)42-17-21-3-2-4-23(34)13-21;1-40(36,37)14-3-2-7-24-10-13-28(39-24)21-8-11-27-25(16-21)30(34-19-33-27)35-23-9-12-29(26(31)17-23)38-18-20-5-4-6-22(32)15-20;4-3-1-5-2-3/h2-10,13-15,20,25H,11-12,16-19H2,1H3,(H,35,36,37);4-6,8-13,15-17,19H,2-3,7,14,18H2,1H3,(H,33,34,35);1-2H2. The number of hydrogen-bond donors (Lipinski definition) is 2. The number of rotatable bonds is 23. The number of anilines is 4. The molecule has 4 aromatic heterocycles. The number of Topliss-reactive ketones (excluding diaryl/α,β-unsaturated/α-hetero) is 1. The Hall–Kier alpha value is -8.35. The largest absolute Gasteiger partial charge is 0.487 e. The first-order valence-corrected chi connectivity index (χ1v) is 33.0. The van der Waals surface area contributed by atoms with Gasteiger partial charge in [-0.3, -0.25) is 9.69 Å². The van der Waals surface area contributed by atoms with Crippen LogP contribution in [0, 0.1) is 11.6 Å². The first-order valence-electron chi connectivity index (χ1n) is 28.1. The monoisotopic (exact) mass is 1290 g/mol. The average Bonchev–Trinajstić information content (AvgIpc) is 1.88. The van der Waals surface area contributed by atoms with Gasteiger partial charge in [0.15, 0.2) is 5.78 Å². The van der Waals surface area contributed by atoms with Crippen LogP contribution in [0.25, 0.3) is 44.5 Å². The Morgan fingerprint density at radius 1 is 0.584 bits per heavy atom. The van der Waals surface area contributed by atoms with E-state index < -0.39 is 19.7 Å². The van der Waals surface area contributed by atoms with E-state index in [1.807, 2.05) is 72.8 Å². The summed E-state index contributed by atoms with van der Waals surface area (Å²) in [7, 11) is -6.05. The molecule has 89 heavy (non-hydrogen) atoms. The van der Waals surface area contributed by atoms with E-state index in [9.17, 15) is 30.4 Å². The molecule has 0 bridgehead atoms. The van der Waals surface area contributed by atoms with E-state index in [0.717, 1.165) is 50.9 Å². The number of furan rings is 2. The molecule has 2 N–H and O–H groups in total. The molecule has 2 saturated heterocycles. The molecule has 6 aromatic carbocycles. The molecule has 462 valence electrons. The van der Waals surface area contributed by atoms with Gasteiger partial charge in [0.25, 0.3) is 0 Å². The number of fused-ring (bicyclic) bond motifs is 2. The number of unbranched alkanes of at least 4 members (excludes halogenated alkanes) is 1. The van der Waals surface area contributed by atoms with Crippen LogP contribution < -0.4 is 20.1 Å². The summed E-state index contributed by atoms with van der Waals surface area (Å²) in [5.74, 6) is 4.90. The molecule has 2 fully saturated rings. The number of halogens is 4. The summed E-state index contributed by atoms with van der Waals surface area (Å²) in [5.41, 5.74) is 6.04. The molecular formula is C65H61Cl2F2N7O11S2. The van der Waals surface area contributed by atoms with Crippen molar-refractivity contribution in [2.24, 2.45) is 0 Å². The Labute approximate surface area is 523 Å². The number of carbonyl (C=O) groups is 1. The smallest absolute Gasteiger partial charge is 0.184 e. The van der Waals surface area contributed by atoms with Crippen molar-refractivity contribution >= 4 is 93.5 Å². The Balaban J connectivity index is 0.000000182. The van der Waals surface area contributed by atoms with E-state index in [0.29, 0.717) is 120 Å². The SMILES string of the molecule is CS(=O)(=O)CCCCc1ccc(-c2ccc3ncnc(Nc4ccc(OCc5cccc(F)c5)c(Cl)c4)c3c2)o1.CS(=O)(=O)CCN(Cc1ccc(-c2ccc3ncnc(Nc4ccc(OCc5cccc(F)c5)c(Cl)c4)c3c2)o1)C1COC1.O=C1COC1. The fourth-order valence-corrected chi connectivity index (χ4v) is 11.1. The van der Waals surface area contributed by atoms with Crippen LogP contribution in [0.5, 0.6) is 11.5 Å². The van der Waals surface area contributed by atoms with Crippen LogP contribution in [-0.2, 0) is 60.1 Å². The second kappa shape index (κ2) is 29.3. The number of ether oxygens (including phenoxy) is 4. The van der Waals surface area contributed by atoms with Gasteiger partial charge in [-0.05, 0) is 145 Å². The second-order valence-corrected chi connectivity index (χ2v) is 26.6.